The van der Waals surface area contributed by atoms with Crippen molar-refractivity contribution < 1.29 is 18.3 Å². The highest BCUT2D eigenvalue weighted by molar-refractivity contribution is 5.38. The summed E-state index contributed by atoms with van der Waals surface area (Å²) in [4.78, 5) is 0. The first-order valence-corrected chi connectivity index (χ1v) is 4.71. The van der Waals surface area contributed by atoms with Gasteiger partial charge in [-0.1, -0.05) is 0 Å². The van der Waals surface area contributed by atoms with Gasteiger partial charge in [-0.05, 0) is 25.5 Å². The third kappa shape index (κ3) is 1.67. The van der Waals surface area contributed by atoms with Gasteiger partial charge in [0, 0.05) is 11.6 Å². The normalized spacial score (nSPS) is 20.9. The fourth-order valence-corrected chi connectivity index (χ4v) is 1.82. The Morgan fingerprint density at radius 3 is 2.60 bits per heavy atom. The molecule has 1 unspecified atom stereocenters. The highest BCUT2D eigenvalue weighted by Crippen LogP contribution is 2.34. The summed E-state index contributed by atoms with van der Waals surface area (Å²) < 4.78 is 38.7. The number of hydrogen-bond donors (Lipinski definition) is 2. The summed E-state index contributed by atoms with van der Waals surface area (Å²) in [5, 5.41) is 12.3. The number of phenolic OH excluding ortho intramolecular Hbond substituents is 1. The van der Waals surface area contributed by atoms with Crippen molar-refractivity contribution in [1.29, 1.82) is 0 Å². The van der Waals surface area contributed by atoms with Crippen molar-refractivity contribution >= 4 is 0 Å². The molecule has 2 rings (SSSR count). The van der Waals surface area contributed by atoms with E-state index in [1.807, 2.05) is 0 Å². The van der Waals surface area contributed by atoms with E-state index in [4.69, 9.17) is 0 Å². The van der Waals surface area contributed by atoms with E-state index in [0.29, 0.717) is 6.42 Å². The van der Waals surface area contributed by atoms with Crippen LogP contribution in [0, 0.1) is 17.5 Å². The van der Waals surface area contributed by atoms with Crippen LogP contribution in [0.2, 0.25) is 0 Å². The minimum Gasteiger partial charge on any atom is -0.505 e. The van der Waals surface area contributed by atoms with E-state index < -0.39 is 23.2 Å². The molecule has 0 aromatic heterocycles. The first-order chi connectivity index (χ1) is 7.11. The Balaban J connectivity index is 2.47. The monoisotopic (exact) mass is 217 g/mol. The summed E-state index contributed by atoms with van der Waals surface area (Å²) in [6.45, 7) is 0.727. The lowest BCUT2D eigenvalue weighted by atomic mass is 10.0. The summed E-state index contributed by atoms with van der Waals surface area (Å²) in [6.07, 6.45) is 1.54. The van der Waals surface area contributed by atoms with E-state index in [9.17, 15) is 18.3 Å². The summed E-state index contributed by atoms with van der Waals surface area (Å²) >= 11 is 0. The molecule has 1 heterocycles. The molecule has 0 radical (unpaired) electrons. The van der Waals surface area contributed by atoms with Crippen LogP contribution in [0.15, 0.2) is 6.07 Å². The average molecular weight is 217 g/mol. The molecule has 0 aliphatic carbocycles. The predicted molar refractivity (Wildman–Crippen MR) is 48.0 cm³/mol. The molecular formula is C10H10F3NO. The minimum atomic E-state index is -1.63. The molecule has 5 heteroatoms. The molecule has 2 nitrogen and oxygen atoms in total. The Morgan fingerprint density at radius 1 is 1.27 bits per heavy atom. The lowest BCUT2D eigenvalue weighted by Gasteiger charge is -2.13. The molecule has 0 spiro atoms. The second-order valence-corrected chi connectivity index (χ2v) is 3.57. The lowest BCUT2D eigenvalue weighted by molar-refractivity contribution is 0.375. The van der Waals surface area contributed by atoms with E-state index in [1.165, 1.54) is 0 Å². The van der Waals surface area contributed by atoms with Gasteiger partial charge in [-0.25, -0.2) is 8.78 Å². The molecule has 0 amide bonds. The van der Waals surface area contributed by atoms with E-state index in [-0.39, 0.29) is 11.6 Å². The van der Waals surface area contributed by atoms with Crippen LogP contribution in [0.25, 0.3) is 0 Å². The number of aromatic hydroxyl groups is 1. The summed E-state index contributed by atoms with van der Waals surface area (Å²) in [6, 6.07) is 0.547. The molecule has 1 fully saturated rings. The molecule has 1 saturated heterocycles. The minimum absolute atomic E-state index is 0.0869. The quantitative estimate of drug-likeness (QED) is 0.707. The highest BCUT2D eigenvalue weighted by atomic mass is 19.2. The fourth-order valence-electron chi connectivity index (χ4n) is 1.82. The zero-order valence-electron chi connectivity index (χ0n) is 7.86. The van der Waals surface area contributed by atoms with E-state index in [0.717, 1.165) is 19.0 Å². The molecule has 15 heavy (non-hydrogen) atoms. The van der Waals surface area contributed by atoms with Crippen LogP contribution in [0.3, 0.4) is 0 Å². The lowest BCUT2D eigenvalue weighted by Crippen LogP contribution is -2.14. The molecular weight excluding hydrogens is 207 g/mol. The van der Waals surface area contributed by atoms with Crippen molar-refractivity contribution in [2.24, 2.45) is 0 Å². The Morgan fingerprint density at radius 2 is 2.00 bits per heavy atom. The van der Waals surface area contributed by atoms with Crippen LogP contribution in [0.4, 0.5) is 13.2 Å². The maximum Gasteiger partial charge on any atom is 0.203 e. The SMILES string of the molecule is Oc1c(C2CCCN2)cc(F)c(F)c1F. The first kappa shape index (κ1) is 10.3. The van der Waals surface area contributed by atoms with E-state index >= 15 is 0 Å². The van der Waals surface area contributed by atoms with Crippen molar-refractivity contribution in [2.75, 3.05) is 6.54 Å². The zero-order chi connectivity index (χ0) is 11.0. The fraction of sp³-hybridized carbons (Fsp3) is 0.400. The van der Waals surface area contributed by atoms with Crippen LogP contribution in [-0.2, 0) is 0 Å². The summed E-state index contributed by atoms with van der Waals surface area (Å²) in [5.41, 5.74) is 0.0869. The van der Waals surface area contributed by atoms with Gasteiger partial charge >= 0.3 is 0 Å². The number of rotatable bonds is 1. The van der Waals surface area contributed by atoms with Crippen molar-refractivity contribution in [3.05, 3.63) is 29.1 Å². The summed E-state index contributed by atoms with van der Waals surface area (Å²) in [5.74, 6) is -5.21. The third-order valence-corrected chi connectivity index (χ3v) is 2.60. The van der Waals surface area contributed by atoms with Crippen molar-refractivity contribution in [1.82, 2.24) is 5.32 Å². The number of phenols is 1. The molecule has 0 saturated carbocycles. The Labute approximate surface area is 84.7 Å². The maximum absolute atomic E-state index is 13.0. The molecule has 1 aromatic rings. The molecule has 2 N–H and O–H groups in total. The molecule has 1 aromatic carbocycles. The predicted octanol–water partition coefficient (Wildman–Crippen LogP) is 2.23. The smallest absolute Gasteiger partial charge is 0.203 e. The molecule has 1 aliphatic rings. The maximum atomic E-state index is 13.0. The van der Waals surface area contributed by atoms with Crippen molar-refractivity contribution in [3.63, 3.8) is 0 Å². The molecule has 1 aliphatic heterocycles. The Hall–Kier alpha value is -1.23. The van der Waals surface area contributed by atoms with Gasteiger partial charge in [-0.15, -0.1) is 0 Å². The Bertz CT molecular complexity index is 389. The van der Waals surface area contributed by atoms with Crippen LogP contribution in [-0.4, -0.2) is 11.7 Å². The number of halogens is 3. The number of hydrogen-bond acceptors (Lipinski definition) is 2. The summed E-state index contributed by atoms with van der Waals surface area (Å²) in [7, 11) is 0. The number of nitrogens with one attached hydrogen (secondary N) is 1. The average Bonchev–Trinajstić information content (AvgIpc) is 2.73. The van der Waals surface area contributed by atoms with Crippen molar-refractivity contribution in [2.45, 2.75) is 18.9 Å². The number of benzene rings is 1. The topological polar surface area (TPSA) is 32.3 Å². The van der Waals surface area contributed by atoms with Crippen LogP contribution in [0.5, 0.6) is 5.75 Å². The highest BCUT2D eigenvalue weighted by Gasteiger charge is 2.25. The van der Waals surface area contributed by atoms with Gasteiger partial charge in [-0.2, -0.15) is 4.39 Å². The molecule has 1 atom stereocenters. The van der Waals surface area contributed by atoms with Crippen LogP contribution >= 0.6 is 0 Å². The zero-order valence-corrected chi connectivity index (χ0v) is 7.86. The second-order valence-electron chi connectivity index (χ2n) is 3.57. The van der Waals surface area contributed by atoms with Crippen molar-refractivity contribution in [3.8, 4) is 5.75 Å². The first-order valence-electron chi connectivity index (χ1n) is 4.71. The van der Waals surface area contributed by atoms with Gasteiger partial charge in [0.15, 0.2) is 17.4 Å². The Kier molecular flexibility index (Phi) is 2.56. The molecule has 0 bridgehead atoms. The standard InChI is InChI=1S/C10H10F3NO/c11-6-4-5(7-2-1-3-14-7)10(15)9(13)8(6)12/h4,7,14-15H,1-3H2. The van der Waals surface area contributed by atoms with Gasteiger partial charge < -0.3 is 10.4 Å². The van der Waals surface area contributed by atoms with Gasteiger partial charge in [0.25, 0.3) is 0 Å². The van der Waals surface area contributed by atoms with Gasteiger partial charge in [0.1, 0.15) is 0 Å². The van der Waals surface area contributed by atoms with Gasteiger partial charge in [0.2, 0.25) is 5.82 Å². The van der Waals surface area contributed by atoms with Crippen LogP contribution < -0.4 is 5.32 Å². The third-order valence-electron chi connectivity index (χ3n) is 2.60. The van der Waals surface area contributed by atoms with E-state index in [2.05, 4.69) is 5.32 Å². The van der Waals surface area contributed by atoms with Gasteiger partial charge in [0.05, 0.1) is 0 Å². The van der Waals surface area contributed by atoms with E-state index in [1.54, 1.807) is 0 Å². The second kappa shape index (κ2) is 3.73. The largest absolute Gasteiger partial charge is 0.505 e. The van der Waals surface area contributed by atoms with Crippen LogP contribution in [0.1, 0.15) is 24.4 Å². The van der Waals surface area contributed by atoms with Gasteiger partial charge in [-0.3, -0.25) is 0 Å². The molecule has 82 valence electrons.